The summed E-state index contributed by atoms with van der Waals surface area (Å²) in [6.07, 6.45) is 3.07. The number of carboxylic acid groups (broad SMARTS) is 1. The molecule has 0 saturated heterocycles. The summed E-state index contributed by atoms with van der Waals surface area (Å²) in [5.41, 5.74) is 1.34. The first kappa shape index (κ1) is 16.6. The maximum absolute atomic E-state index is 11.5. The highest BCUT2D eigenvalue weighted by atomic mass is 19.3. The van der Waals surface area contributed by atoms with Gasteiger partial charge in [-0.15, -0.1) is 0 Å². The second-order valence-electron chi connectivity index (χ2n) is 3.48. The number of aliphatic carboxylic acids is 1. The fourth-order valence-corrected chi connectivity index (χ4v) is 1.03. The van der Waals surface area contributed by atoms with Crippen LogP contribution >= 0.6 is 0 Å². The summed E-state index contributed by atoms with van der Waals surface area (Å²) in [5, 5.41) is 7.60. The van der Waals surface area contributed by atoms with Crippen molar-refractivity contribution in [2.45, 2.75) is 13.3 Å². The highest BCUT2D eigenvalue weighted by Gasteiger charge is 2.04. The Bertz CT molecular complexity index is 452. The van der Waals surface area contributed by atoms with Gasteiger partial charge in [0.25, 0.3) is 0 Å². The van der Waals surface area contributed by atoms with Crippen molar-refractivity contribution in [3.05, 3.63) is 60.2 Å². The zero-order valence-electron chi connectivity index (χ0n) is 10.5. The molecule has 0 atom stereocenters. The summed E-state index contributed by atoms with van der Waals surface area (Å²) in [6, 6.07) is 9.60. The van der Waals surface area contributed by atoms with Crippen LogP contribution < -0.4 is 0 Å². The summed E-state index contributed by atoms with van der Waals surface area (Å²) >= 11 is 0. The lowest BCUT2D eigenvalue weighted by atomic mass is 10.1. The molecule has 0 aromatic heterocycles. The standard InChI is InChI=1S/C11H11FO2.C3H4O2/c1-9(11(13)14-12)7-8-10-5-3-2-4-6-10;1-2-3(4)5/h2-7H,8H2,1H3;2H,1H2,(H,4,5). The maximum Gasteiger partial charge on any atom is 0.374 e. The van der Waals surface area contributed by atoms with Gasteiger partial charge in [-0.3, -0.25) is 0 Å². The van der Waals surface area contributed by atoms with Crippen molar-refractivity contribution in [3.8, 4) is 0 Å². The largest absolute Gasteiger partial charge is 0.478 e. The van der Waals surface area contributed by atoms with E-state index in [1.807, 2.05) is 30.3 Å². The summed E-state index contributed by atoms with van der Waals surface area (Å²) in [4.78, 5) is 23.0. The second kappa shape index (κ2) is 9.58. The van der Waals surface area contributed by atoms with E-state index in [0.29, 0.717) is 6.42 Å². The normalized spacial score (nSPS) is 9.89. The minimum atomic E-state index is -0.981. The van der Waals surface area contributed by atoms with E-state index in [4.69, 9.17) is 5.11 Å². The zero-order chi connectivity index (χ0) is 14.7. The van der Waals surface area contributed by atoms with E-state index >= 15 is 0 Å². The molecule has 0 spiro atoms. The van der Waals surface area contributed by atoms with Crippen LogP contribution in [0.4, 0.5) is 4.53 Å². The fourth-order valence-electron chi connectivity index (χ4n) is 1.03. The topological polar surface area (TPSA) is 63.6 Å². The predicted molar refractivity (Wildman–Crippen MR) is 68.9 cm³/mol. The average Bonchev–Trinajstić information content (AvgIpc) is 2.45. The summed E-state index contributed by atoms with van der Waals surface area (Å²) < 4.78 is 11.5. The molecule has 0 bridgehead atoms. The Morgan fingerprint density at radius 1 is 1.37 bits per heavy atom. The molecule has 1 aromatic rings. The third-order valence-electron chi connectivity index (χ3n) is 2.05. The molecule has 0 aliphatic rings. The third kappa shape index (κ3) is 8.31. The van der Waals surface area contributed by atoms with E-state index in [1.54, 1.807) is 6.08 Å². The molecule has 1 rings (SSSR count). The maximum atomic E-state index is 11.5. The lowest BCUT2D eigenvalue weighted by Crippen LogP contribution is -1.99. The second-order valence-corrected chi connectivity index (χ2v) is 3.48. The number of hydrogen-bond acceptors (Lipinski definition) is 3. The fraction of sp³-hybridized carbons (Fsp3) is 0.143. The molecule has 4 nitrogen and oxygen atoms in total. The van der Waals surface area contributed by atoms with Gasteiger partial charge in [-0.1, -0.05) is 43.0 Å². The molecule has 0 saturated carbocycles. The summed E-state index contributed by atoms with van der Waals surface area (Å²) in [5.74, 6) is -1.91. The number of carbonyl (C=O) groups excluding carboxylic acids is 1. The van der Waals surface area contributed by atoms with Crippen LogP contribution in [0.25, 0.3) is 0 Å². The van der Waals surface area contributed by atoms with Crippen molar-refractivity contribution >= 4 is 11.9 Å². The van der Waals surface area contributed by atoms with Gasteiger partial charge in [0.15, 0.2) is 0 Å². The van der Waals surface area contributed by atoms with Gasteiger partial charge in [-0.05, 0) is 18.9 Å². The monoisotopic (exact) mass is 266 g/mol. The van der Waals surface area contributed by atoms with Gasteiger partial charge in [-0.2, -0.15) is 0 Å². The van der Waals surface area contributed by atoms with Crippen LogP contribution in [0.15, 0.2) is 54.6 Å². The Kier molecular flexibility index (Phi) is 8.36. The zero-order valence-corrected chi connectivity index (χ0v) is 10.5. The number of carboxylic acids is 1. The SMILES string of the molecule is C=CC(=O)O.CC(=CCc1ccccc1)C(=O)OF. The quantitative estimate of drug-likeness (QED) is 0.851. The lowest BCUT2D eigenvalue weighted by Gasteiger charge is -1.96. The highest BCUT2D eigenvalue weighted by molar-refractivity contribution is 5.87. The number of hydrogen-bond donors (Lipinski definition) is 1. The molecule has 102 valence electrons. The molecule has 19 heavy (non-hydrogen) atoms. The Hall–Kier alpha value is -2.43. The van der Waals surface area contributed by atoms with Gasteiger partial charge in [0.05, 0.1) is 0 Å². The van der Waals surface area contributed by atoms with E-state index in [-0.39, 0.29) is 5.57 Å². The molecule has 0 fully saturated rings. The van der Waals surface area contributed by atoms with E-state index < -0.39 is 11.9 Å². The minimum Gasteiger partial charge on any atom is -0.478 e. The Morgan fingerprint density at radius 3 is 2.32 bits per heavy atom. The van der Waals surface area contributed by atoms with E-state index in [1.165, 1.54) is 6.92 Å². The van der Waals surface area contributed by atoms with E-state index in [9.17, 15) is 14.1 Å². The smallest absolute Gasteiger partial charge is 0.374 e. The van der Waals surface area contributed by atoms with Crippen LogP contribution in [-0.2, 0) is 21.0 Å². The van der Waals surface area contributed by atoms with Crippen molar-refractivity contribution < 1.29 is 24.2 Å². The average molecular weight is 266 g/mol. The first-order valence-corrected chi connectivity index (χ1v) is 5.40. The van der Waals surface area contributed by atoms with Gasteiger partial charge in [0, 0.05) is 16.2 Å². The first-order chi connectivity index (χ1) is 9.01. The molecule has 0 aliphatic carbocycles. The van der Waals surface area contributed by atoms with Crippen LogP contribution in [-0.4, -0.2) is 17.0 Å². The minimum absolute atomic E-state index is 0.274. The van der Waals surface area contributed by atoms with Crippen LogP contribution in [0, 0.1) is 0 Å². The van der Waals surface area contributed by atoms with Crippen LogP contribution in [0.5, 0.6) is 0 Å². The highest BCUT2D eigenvalue weighted by Crippen LogP contribution is 2.04. The Labute approximate surface area is 110 Å². The molecule has 1 N–H and O–H groups in total. The third-order valence-corrected chi connectivity index (χ3v) is 2.05. The molecule has 1 aromatic carbocycles. The molecule has 5 heteroatoms. The summed E-state index contributed by atoms with van der Waals surface area (Å²) in [6.45, 7) is 4.48. The number of rotatable bonds is 4. The molecule has 0 amide bonds. The summed E-state index contributed by atoms with van der Waals surface area (Å²) in [7, 11) is 0. The van der Waals surface area contributed by atoms with Crippen LogP contribution in [0.3, 0.4) is 0 Å². The Morgan fingerprint density at radius 2 is 1.89 bits per heavy atom. The van der Waals surface area contributed by atoms with Crippen molar-refractivity contribution in [3.63, 3.8) is 0 Å². The molecular weight excluding hydrogens is 251 g/mol. The number of carbonyl (C=O) groups is 2. The van der Waals surface area contributed by atoms with Crippen molar-refractivity contribution in [1.82, 2.24) is 0 Å². The molecule has 0 heterocycles. The van der Waals surface area contributed by atoms with Crippen LogP contribution in [0.2, 0.25) is 0 Å². The first-order valence-electron chi connectivity index (χ1n) is 5.40. The van der Waals surface area contributed by atoms with Crippen molar-refractivity contribution in [2.75, 3.05) is 0 Å². The van der Waals surface area contributed by atoms with Gasteiger partial charge >= 0.3 is 11.9 Å². The van der Waals surface area contributed by atoms with Crippen molar-refractivity contribution in [2.24, 2.45) is 0 Å². The Balaban J connectivity index is 0.000000555. The number of benzene rings is 1. The lowest BCUT2D eigenvalue weighted by molar-refractivity contribution is -0.178. The van der Waals surface area contributed by atoms with Gasteiger partial charge in [-0.25, -0.2) is 14.5 Å². The van der Waals surface area contributed by atoms with Gasteiger partial charge in [0.2, 0.25) is 0 Å². The van der Waals surface area contributed by atoms with E-state index in [0.717, 1.165) is 11.6 Å². The number of allylic oxidation sites excluding steroid dienone is 1. The van der Waals surface area contributed by atoms with Gasteiger partial charge < -0.3 is 5.11 Å². The van der Waals surface area contributed by atoms with Crippen LogP contribution in [0.1, 0.15) is 12.5 Å². The molecule has 0 aliphatic heterocycles. The molecule has 0 unspecified atom stereocenters. The number of halogens is 1. The van der Waals surface area contributed by atoms with Gasteiger partial charge in [0.1, 0.15) is 0 Å². The van der Waals surface area contributed by atoms with Crippen molar-refractivity contribution in [1.29, 1.82) is 0 Å². The van der Waals surface area contributed by atoms with E-state index in [2.05, 4.69) is 11.5 Å². The molecule has 0 radical (unpaired) electrons. The predicted octanol–water partition coefficient (Wildman–Crippen LogP) is 2.86. The molecular formula is C14H15FO4.